The fourth-order valence-corrected chi connectivity index (χ4v) is 2.09. The van der Waals surface area contributed by atoms with E-state index in [2.05, 4.69) is 15.6 Å². The first kappa shape index (κ1) is 16.1. The molecule has 0 aliphatic heterocycles. The van der Waals surface area contributed by atoms with Gasteiger partial charge in [-0.2, -0.15) is 0 Å². The number of carboxylic acid groups (broad SMARTS) is 1. The van der Waals surface area contributed by atoms with Crippen LogP contribution in [-0.4, -0.2) is 58.4 Å². The molecule has 1 unspecified atom stereocenters. The second kappa shape index (κ2) is 6.98. The minimum atomic E-state index is -3.27. The van der Waals surface area contributed by atoms with Gasteiger partial charge in [0.25, 0.3) is 0 Å². The minimum absolute atomic E-state index is 0.0337. The standard InChI is InChI=1S/C10H16N4O5S/c1-20(18,19)7-3-8(10(16)17)12-9(15)2-5-14-6-4-11-13-14/h4,6,8H,2-3,5,7H2,1H3,(H,12,15)(H,16,17). The van der Waals surface area contributed by atoms with E-state index in [1.165, 1.54) is 10.9 Å². The average molecular weight is 304 g/mol. The summed E-state index contributed by atoms with van der Waals surface area (Å²) in [6.07, 6.45) is 3.92. The number of hydrogen-bond acceptors (Lipinski definition) is 6. The first-order valence-corrected chi connectivity index (χ1v) is 7.88. The Hall–Kier alpha value is -1.97. The van der Waals surface area contributed by atoms with Crippen molar-refractivity contribution in [3.05, 3.63) is 12.4 Å². The van der Waals surface area contributed by atoms with E-state index in [1.54, 1.807) is 6.20 Å². The van der Waals surface area contributed by atoms with Crippen molar-refractivity contribution in [3.8, 4) is 0 Å². The fourth-order valence-electron chi connectivity index (χ4n) is 1.42. The van der Waals surface area contributed by atoms with Gasteiger partial charge in [-0.3, -0.25) is 9.48 Å². The summed E-state index contributed by atoms with van der Waals surface area (Å²) in [4.78, 5) is 22.5. The molecule has 0 saturated heterocycles. The highest BCUT2D eigenvalue weighted by Gasteiger charge is 2.21. The smallest absolute Gasteiger partial charge is 0.326 e. The van der Waals surface area contributed by atoms with Crippen LogP contribution < -0.4 is 5.32 Å². The second-order valence-electron chi connectivity index (χ2n) is 4.29. The largest absolute Gasteiger partial charge is 0.480 e. The third kappa shape index (κ3) is 6.27. The number of aliphatic carboxylic acids is 1. The SMILES string of the molecule is CS(=O)(=O)CCC(NC(=O)CCn1ccnn1)C(=O)O. The number of nitrogens with zero attached hydrogens (tertiary/aromatic N) is 3. The third-order valence-corrected chi connectivity index (χ3v) is 3.43. The molecule has 0 aromatic carbocycles. The number of carbonyl (C=O) groups is 2. The van der Waals surface area contributed by atoms with Crippen LogP contribution in [0.15, 0.2) is 12.4 Å². The second-order valence-corrected chi connectivity index (χ2v) is 6.55. The van der Waals surface area contributed by atoms with Crippen molar-refractivity contribution in [3.63, 3.8) is 0 Å². The number of nitrogens with one attached hydrogen (secondary N) is 1. The van der Waals surface area contributed by atoms with Crippen molar-refractivity contribution in [1.82, 2.24) is 20.3 Å². The monoisotopic (exact) mass is 304 g/mol. The number of amides is 1. The molecule has 2 N–H and O–H groups in total. The van der Waals surface area contributed by atoms with Crippen LogP contribution in [0.3, 0.4) is 0 Å². The maximum absolute atomic E-state index is 11.6. The Kier molecular flexibility index (Phi) is 5.62. The van der Waals surface area contributed by atoms with Crippen molar-refractivity contribution in [1.29, 1.82) is 0 Å². The number of hydrogen-bond donors (Lipinski definition) is 2. The van der Waals surface area contributed by atoms with Gasteiger partial charge in [0.1, 0.15) is 15.9 Å². The van der Waals surface area contributed by atoms with E-state index in [1.807, 2.05) is 0 Å². The molecular weight excluding hydrogens is 288 g/mol. The van der Waals surface area contributed by atoms with Crippen LogP contribution in [0.25, 0.3) is 0 Å². The van der Waals surface area contributed by atoms with E-state index in [0.29, 0.717) is 0 Å². The zero-order valence-corrected chi connectivity index (χ0v) is 11.7. The normalized spacial score (nSPS) is 12.8. The lowest BCUT2D eigenvalue weighted by Gasteiger charge is -2.13. The van der Waals surface area contributed by atoms with Gasteiger partial charge in [0.2, 0.25) is 5.91 Å². The predicted molar refractivity (Wildman–Crippen MR) is 68.5 cm³/mol. The van der Waals surface area contributed by atoms with E-state index in [9.17, 15) is 18.0 Å². The molecule has 0 fully saturated rings. The van der Waals surface area contributed by atoms with Crippen molar-refractivity contribution >= 4 is 21.7 Å². The van der Waals surface area contributed by atoms with Crippen LogP contribution in [0.2, 0.25) is 0 Å². The topological polar surface area (TPSA) is 131 Å². The van der Waals surface area contributed by atoms with Crippen LogP contribution in [0.4, 0.5) is 0 Å². The molecule has 10 heteroatoms. The van der Waals surface area contributed by atoms with Crippen molar-refractivity contribution in [2.45, 2.75) is 25.4 Å². The quantitative estimate of drug-likeness (QED) is 0.608. The van der Waals surface area contributed by atoms with Gasteiger partial charge in [0, 0.05) is 18.9 Å². The summed E-state index contributed by atoms with van der Waals surface area (Å²) in [5.74, 6) is -2.04. The molecule has 1 aromatic rings. The number of rotatable bonds is 8. The summed E-state index contributed by atoms with van der Waals surface area (Å²) in [6.45, 7) is 0.268. The Bertz CT molecular complexity index is 554. The lowest BCUT2D eigenvalue weighted by atomic mass is 10.2. The van der Waals surface area contributed by atoms with Crippen LogP contribution >= 0.6 is 0 Å². The highest BCUT2D eigenvalue weighted by Crippen LogP contribution is 1.98. The summed E-state index contributed by atoms with van der Waals surface area (Å²) in [5, 5.41) is 18.4. The number of aryl methyl sites for hydroxylation is 1. The lowest BCUT2D eigenvalue weighted by Crippen LogP contribution is -2.42. The van der Waals surface area contributed by atoms with E-state index in [4.69, 9.17) is 5.11 Å². The Balaban J connectivity index is 2.44. The highest BCUT2D eigenvalue weighted by atomic mass is 32.2. The molecule has 1 heterocycles. The van der Waals surface area contributed by atoms with Crippen LogP contribution in [0.5, 0.6) is 0 Å². The summed E-state index contributed by atoms with van der Waals surface area (Å²) >= 11 is 0. The van der Waals surface area contributed by atoms with Gasteiger partial charge in [-0.05, 0) is 6.42 Å². The Morgan fingerprint density at radius 2 is 2.15 bits per heavy atom. The van der Waals surface area contributed by atoms with Gasteiger partial charge < -0.3 is 10.4 Å². The molecule has 20 heavy (non-hydrogen) atoms. The first-order chi connectivity index (χ1) is 9.28. The molecule has 1 atom stereocenters. The molecule has 9 nitrogen and oxygen atoms in total. The maximum Gasteiger partial charge on any atom is 0.326 e. The Morgan fingerprint density at radius 3 is 2.65 bits per heavy atom. The van der Waals surface area contributed by atoms with Gasteiger partial charge in [0.15, 0.2) is 0 Å². The van der Waals surface area contributed by atoms with Crippen molar-refractivity contribution < 1.29 is 23.1 Å². The predicted octanol–water partition coefficient (Wildman–Crippen LogP) is -1.33. The molecule has 0 spiro atoms. The lowest BCUT2D eigenvalue weighted by molar-refractivity contribution is -0.141. The molecule has 0 bridgehead atoms. The average Bonchev–Trinajstić information content (AvgIpc) is 2.83. The van der Waals surface area contributed by atoms with Gasteiger partial charge >= 0.3 is 5.97 Å². The summed E-state index contributed by atoms with van der Waals surface area (Å²) in [5.41, 5.74) is 0. The van der Waals surface area contributed by atoms with Gasteiger partial charge in [-0.1, -0.05) is 5.21 Å². The number of carboxylic acids is 1. The van der Waals surface area contributed by atoms with E-state index in [0.717, 1.165) is 6.26 Å². The van der Waals surface area contributed by atoms with Crippen molar-refractivity contribution in [2.75, 3.05) is 12.0 Å². The summed E-state index contributed by atoms with van der Waals surface area (Å²) in [6, 6.07) is -1.21. The van der Waals surface area contributed by atoms with E-state index in [-0.39, 0.29) is 25.1 Å². The Labute approximate surface area is 115 Å². The highest BCUT2D eigenvalue weighted by molar-refractivity contribution is 7.90. The molecule has 1 rings (SSSR count). The fraction of sp³-hybridized carbons (Fsp3) is 0.600. The van der Waals surface area contributed by atoms with Crippen LogP contribution in [0, 0.1) is 0 Å². The molecule has 0 saturated carbocycles. The number of sulfone groups is 1. The molecule has 0 aliphatic rings. The Morgan fingerprint density at radius 1 is 1.45 bits per heavy atom. The van der Waals surface area contributed by atoms with Gasteiger partial charge in [-0.15, -0.1) is 5.10 Å². The zero-order valence-electron chi connectivity index (χ0n) is 10.9. The molecule has 0 aliphatic carbocycles. The molecular formula is C10H16N4O5S. The van der Waals surface area contributed by atoms with Gasteiger partial charge in [-0.25, -0.2) is 13.2 Å². The van der Waals surface area contributed by atoms with Crippen LogP contribution in [-0.2, 0) is 26.0 Å². The number of carbonyl (C=O) groups excluding carboxylic acids is 1. The number of aromatic nitrogens is 3. The maximum atomic E-state index is 11.6. The third-order valence-electron chi connectivity index (χ3n) is 2.45. The van der Waals surface area contributed by atoms with E-state index >= 15 is 0 Å². The molecule has 112 valence electrons. The van der Waals surface area contributed by atoms with E-state index < -0.39 is 27.8 Å². The molecule has 0 radical (unpaired) electrons. The molecule has 1 amide bonds. The first-order valence-electron chi connectivity index (χ1n) is 5.82. The summed E-state index contributed by atoms with van der Waals surface area (Å²) in [7, 11) is -3.27. The molecule has 1 aromatic heterocycles. The minimum Gasteiger partial charge on any atom is -0.480 e. The van der Waals surface area contributed by atoms with Crippen molar-refractivity contribution in [2.24, 2.45) is 0 Å². The summed E-state index contributed by atoms with van der Waals surface area (Å²) < 4.78 is 23.4. The van der Waals surface area contributed by atoms with Crippen LogP contribution in [0.1, 0.15) is 12.8 Å². The van der Waals surface area contributed by atoms with Gasteiger partial charge in [0.05, 0.1) is 18.5 Å². The zero-order chi connectivity index (χ0) is 15.2.